The molecule has 0 aliphatic rings. The Bertz CT molecular complexity index is 582. The number of hydrogen-bond donors (Lipinski definition) is 1. The Labute approximate surface area is 120 Å². The second-order valence-corrected chi connectivity index (χ2v) is 5.58. The van der Waals surface area contributed by atoms with Crippen LogP contribution in [-0.2, 0) is 17.6 Å². The lowest BCUT2D eigenvalue weighted by Crippen LogP contribution is -2.14. The topological polar surface area (TPSA) is 50.2 Å². The molecule has 1 aromatic carbocycles. The van der Waals surface area contributed by atoms with Gasteiger partial charge in [0.15, 0.2) is 0 Å². The van der Waals surface area contributed by atoms with Crippen LogP contribution >= 0.6 is 22.9 Å². The second kappa shape index (κ2) is 6.17. The number of halogens is 1. The minimum atomic E-state index is -0.850. The predicted molar refractivity (Wildman–Crippen MR) is 77.0 cm³/mol. The average Bonchev–Trinajstić information content (AvgIpc) is 2.84. The zero-order chi connectivity index (χ0) is 13.8. The number of nitrogens with zero attached hydrogens (tertiary/aromatic N) is 1. The molecule has 0 radical (unpaired) electrons. The van der Waals surface area contributed by atoms with Gasteiger partial charge in [-0.15, -0.1) is 11.3 Å². The molecule has 0 fully saturated rings. The van der Waals surface area contributed by atoms with Gasteiger partial charge < -0.3 is 5.11 Å². The van der Waals surface area contributed by atoms with E-state index < -0.39 is 11.9 Å². The van der Waals surface area contributed by atoms with E-state index in [1.165, 1.54) is 11.3 Å². The lowest BCUT2D eigenvalue weighted by atomic mass is 10.00. The summed E-state index contributed by atoms with van der Waals surface area (Å²) in [6.45, 7) is 2.01. The smallest absolute Gasteiger partial charge is 0.313 e. The molecule has 0 spiro atoms. The number of aliphatic carboxylic acids is 1. The highest BCUT2D eigenvalue weighted by Gasteiger charge is 2.23. The summed E-state index contributed by atoms with van der Waals surface area (Å²) in [4.78, 5) is 15.8. The first-order valence-corrected chi connectivity index (χ1v) is 7.27. The summed E-state index contributed by atoms with van der Waals surface area (Å²) in [7, 11) is 0. The fourth-order valence-electron chi connectivity index (χ4n) is 1.82. The van der Waals surface area contributed by atoms with E-state index in [1.807, 2.05) is 24.4 Å². The molecule has 19 heavy (non-hydrogen) atoms. The minimum Gasteiger partial charge on any atom is -0.481 e. The van der Waals surface area contributed by atoms with Crippen LogP contribution < -0.4 is 0 Å². The van der Waals surface area contributed by atoms with Crippen molar-refractivity contribution in [3.05, 3.63) is 50.9 Å². The summed E-state index contributed by atoms with van der Waals surface area (Å²) in [6.07, 6.45) is 1.23. The largest absolute Gasteiger partial charge is 0.481 e. The van der Waals surface area contributed by atoms with E-state index >= 15 is 0 Å². The van der Waals surface area contributed by atoms with Gasteiger partial charge in [0.05, 0.1) is 5.69 Å². The van der Waals surface area contributed by atoms with Crippen LogP contribution in [0.5, 0.6) is 0 Å². The molecule has 0 saturated carbocycles. The summed E-state index contributed by atoms with van der Waals surface area (Å²) in [5.74, 6) is -1.46. The van der Waals surface area contributed by atoms with Gasteiger partial charge in [0, 0.05) is 10.4 Å². The molecule has 1 aromatic heterocycles. The normalized spacial score (nSPS) is 12.3. The number of rotatable bonds is 5. The predicted octanol–water partition coefficient (Wildman–Crippen LogP) is 3.77. The molecule has 0 amide bonds. The van der Waals surface area contributed by atoms with Crippen molar-refractivity contribution in [3.8, 4) is 0 Å². The molecule has 100 valence electrons. The number of aryl methyl sites for hydroxylation is 1. The van der Waals surface area contributed by atoms with E-state index in [0.29, 0.717) is 16.5 Å². The SMILES string of the molecule is CCc1csc(C(Cc2cccc(Cl)c2)C(=O)O)n1. The summed E-state index contributed by atoms with van der Waals surface area (Å²) in [5.41, 5.74) is 1.85. The fraction of sp³-hybridized carbons (Fsp3) is 0.286. The molecule has 2 rings (SSSR count). The Morgan fingerprint density at radius 1 is 1.53 bits per heavy atom. The zero-order valence-corrected chi connectivity index (χ0v) is 12.0. The van der Waals surface area contributed by atoms with Gasteiger partial charge >= 0.3 is 5.97 Å². The highest BCUT2D eigenvalue weighted by atomic mass is 35.5. The average molecular weight is 296 g/mol. The van der Waals surface area contributed by atoms with Crippen LogP contribution in [0.3, 0.4) is 0 Å². The Balaban J connectivity index is 2.23. The summed E-state index contributed by atoms with van der Waals surface area (Å²) < 4.78 is 0. The van der Waals surface area contributed by atoms with Crippen molar-refractivity contribution < 1.29 is 9.90 Å². The fourth-order valence-corrected chi connectivity index (χ4v) is 3.03. The number of hydrogen-bond acceptors (Lipinski definition) is 3. The van der Waals surface area contributed by atoms with Crippen LogP contribution in [0.4, 0.5) is 0 Å². The van der Waals surface area contributed by atoms with Crippen molar-refractivity contribution in [1.29, 1.82) is 0 Å². The molecule has 5 heteroatoms. The number of aromatic nitrogens is 1. The summed E-state index contributed by atoms with van der Waals surface area (Å²) in [6, 6.07) is 7.29. The molecule has 0 saturated heterocycles. The standard InChI is InChI=1S/C14H14ClNO2S/c1-2-11-8-19-13(16-11)12(14(17)18)7-9-4-3-5-10(15)6-9/h3-6,8,12H,2,7H2,1H3,(H,17,18). The maximum atomic E-state index is 11.4. The van der Waals surface area contributed by atoms with Crippen molar-refractivity contribution in [2.75, 3.05) is 0 Å². The molecule has 1 N–H and O–H groups in total. The minimum absolute atomic E-state index is 0.409. The van der Waals surface area contributed by atoms with Gasteiger partial charge in [-0.3, -0.25) is 4.79 Å². The van der Waals surface area contributed by atoms with E-state index in [1.54, 1.807) is 12.1 Å². The van der Waals surface area contributed by atoms with Crippen LogP contribution in [0, 0.1) is 0 Å². The molecule has 1 heterocycles. The lowest BCUT2D eigenvalue weighted by molar-refractivity contribution is -0.138. The van der Waals surface area contributed by atoms with E-state index in [0.717, 1.165) is 17.7 Å². The first kappa shape index (κ1) is 14.0. The molecule has 0 bridgehead atoms. The van der Waals surface area contributed by atoms with Crippen molar-refractivity contribution in [2.24, 2.45) is 0 Å². The molecule has 2 aromatic rings. The van der Waals surface area contributed by atoms with E-state index in [9.17, 15) is 9.90 Å². The number of carboxylic acid groups (broad SMARTS) is 1. The molecule has 3 nitrogen and oxygen atoms in total. The zero-order valence-electron chi connectivity index (χ0n) is 10.5. The van der Waals surface area contributed by atoms with E-state index in [2.05, 4.69) is 4.98 Å². The van der Waals surface area contributed by atoms with Gasteiger partial charge in [-0.05, 0) is 30.5 Å². The highest BCUT2D eigenvalue weighted by molar-refractivity contribution is 7.09. The lowest BCUT2D eigenvalue weighted by Gasteiger charge is -2.09. The van der Waals surface area contributed by atoms with Crippen LogP contribution in [0.1, 0.15) is 29.1 Å². The number of carbonyl (C=O) groups is 1. The Kier molecular flexibility index (Phi) is 4.56. The van der Waals surface area contributed by atoms with Gasteiger partial charge in [0.1, 0.15) is 10.9 Å². The van der Waals surface area contributed by atoms with Crippen LogP contribution in [0.2, 0.25) is 5.02 Å². The highest BCUT2D eigenvalue weighted by Crippen LogP contribution is 2.26. The Hall–Kier alpha value is -1.39. The van der Waals surface area contributed by atoms with Gasteiger partial charge in [0.25, 0.3) is 0 Å². The third kappa shape index (κ3) is 3.55. The molecular weight excluding hydrogens is 282 g/mol. The quantitative estimate of drug-likeness (QED) is 0.913. The molecule has 0 aliphatic carbocycles. The number of carboxylic acids is 1. The van der Waals surface area contributed by atoms with Gasteiger partial charge in [0.2, 0.25) is 0 Å². The van der Waals surface area contributed by atoms with Crippen LogP contribution in [-0.4, -0.2) is 16.1 Å². The first-order valence-electron chi connectivity index (χ1n) is 6.01. The maximum absolute atomic E-state index is 11.4. The molecular formula is C14H14ClNO2S. The van der Waals surface area contributed by atoms with Crippen molar-refractivity contribution in [3.63, 3.8) is 0 Å². The number of benzene rings is 1. The summed E-state index contributed by atoms with van der Waals surface area (Å²) >= 11 is 7.33. The second-order valence-electron chi connectivity index (χ2n) is 4.26. The third-order valence-electron chi connectivity index (χ3n) is 2.86. The van der Waals surface area contributed by atoms with Gasteiger partial charge in [-0.1, -0.05) is 30.7 Å². The van der Waals surface area contributed by atoms with Gasteiger partial charge in [-0.25, -0.2) is 4.98 Å². The Morgan fingerprint density at radius 2 is 2.32 bits per heavy atom. The molecule has 0 aliphatic heterocycles. The van der Waals surface area contributed by atoms with E-state index in [-0.39, 0.29) is 0 Å². The summed E-state index contributed by atoms with van der Waals surface area (Å²) in [5, 5.41) is 12.6. The molecule has 1 unspecified atom stereocenters. The van der Waals surface area contributed by atoms with Crippen LogP contribution in [0.15, 0.2) is 29.6 Å². The third-order valence-corrected chi connectivity index (χ3v) is 4.10. The molecule has 1 atom stereocenters. The number of thiazole rings is 1. The first-order chi connectivity index (χ1) is 9.10. The van der Waals surface area contributed by atoms with Crippen molar-refractivity contribution in [2.45, 2.75) is 25.7 Å². The van der Waals surface area contributed by atoms with E-state index in [4.69, 9.17) is 11.6 Å². The van der Waals surface area contributed by atoms with Gasteiger partial charge in [-0.2, -0.15) is 0 Å². The monoisotopic (exact) mass is 295 g/mol. The Morgan fingerprint density at radius 3 is 2.89 bits per heavy atom. The van der Waals surface area contributed by atoms with Crippen LogP contribution in [0.25, 0.3) is 0 Å². The maximum Gasteiger partial charge on any atom is 0.313 e. The van der Waals surface area contributed by atoms with Crippen molar-refractivity contribution in [1.82, 2.24) is 4.98 Å². The van der Waals surface area contributed by atoms with Crippen molar-refractivity contribution >= 4 is 28.9 Å².